The van der Waals surface area contributed by atoms with E-state index >= 15 is 0 Å². The third kappa shape index (κ3) is 3.84. The van der Waals surface area contributed by atoms with E-state index in [2.05, 4.69) is 17.1 Å². The second-order valence-electron chi connectivity index (χ2n) is 7.74. The first-order chi connectivity index (χ1) is 12.3. The zero-order valence-corrected chi connectivity index (χ0v) is 15.8. The molecule has 1 amide bonds. The average molecular weight is 358 g/mol. The second kappa shape index (κ2) is 7.02. The number of methoxy groups -OCH3 is 1. The van der Waals surface area contributed by atoms with Crippen molar-refractivity contribution in [3.63, 3.8) is 0 Å². The molecule has 1 aromatic heterocycles. The normalized spacial score (nSPS) is 15.9. The van der Waals surface area contributed by atoms with E-state index in [0.717, 1.165) is 23.7 Å². The smallest absolute Gasteiger partial charge is 0.410 e. The van der Waals surface area contributed by atoms with Gasteiger partial charge < -0.3 is 19.4 Å². The molecule has 0 aliphatic carbocycles. The molecule has 0 atom stereocenters. The highest BCUT2D eigenvalue weighted by atomic mass is 16.6. The van der Waals surface area contributed by atoms with Crippen LogP contribution in [-0.4, -0.2) is 47.7 Å². The highest BCUT2D eigenvalue weighted by molar-refractivity contribution is 6.04. The molecule has 1 saturated heterocycles. The largest absolute Gasteiger partial charge is 0.465 e. The van der Waals surface area contributed by atoms with Crippen molar-refractivity contribution >= 4 is 23.0 Å². The summed E-state index contributed by atoms with van der Waals surface area (Å²) in [7, 11) is 1.39. The Morgan fingerprint density at radius 1 is 1.19 bits per heavy atom. The number of hydrogen-bond donors (Lipinski definition) is 1. The molecule has 0 saturated carbocycles. The molecule has 2 heterocycles. The highest BCUT2D eigenvalue weighted by Crippen LogP contribution is 2.31. The fourth-order valence-corrected chi connectivity index (χ4v) is 3.39. The van der Waals surface area contributed by atoms with Crippen LogP contribution in [0.3, 0.4) is 0 Å². The monoisotopic (exact) mass is 358 g/mol. The van der Waals surface area contributed by atoms with Crippen LogP contribution in [-0.2, 0) is 9.47 Å². The number of likely N-dealkylation sites (tertiary alicyclic amines) is 1. The van der Waals surface area contributed by atoms with Gasteiger partial charge in [0.2, 0.25) is 0 Å². The van der Waals surface area contributed by atoms with Gasteiger partial charge in [-0.2, -0.15) is 0 Å². The molecule has 1 N–H and O–H groups in total. The Balaban J connectivity index is 1.71. The minimum absolute atomic E-state index is 0.245. The van der Waals surface area contributed by atoms with Gasteiger partial charge in [-0.25, -0.2) is 9.59 Å². The molecule has 0 unspecified atom stereocenters. The summed E-state index contributed by atoms with van der Waals surface area (Å²) in [5.41, 5.74) is 2.18. The number of carbonyl (C=O) groups is 2. The van der Waals surface area contributed by atoms with Crippen LogP contribution < -0.4 is 0 Å². The number of nitrogens with zero attached hydrogens (tertiary/aromatic N) is 1. The van der Waals surface area contributed by atoms with Crippen LogP contribution in [0, 0.1) is 0 Å². The number of H-pyrrole nitrogens is 1. The number of rotatable bonds is 2. The zero-order valence-electron chi connectivity index (χ0n) is 15.8. The topological polar surface area (TPSA) is 71.6 Å². The van der Waals surface area contributed by atoms with Gasteiger partial charge in [0, 0.05) is 30.2 Å². The molecule has 1 aromatic carbocycles. The van der Waals surface area contributed by atoms with Gasteiger partial charge in [-0.3, -0.25) is 0 Å². The van der Waals surface area contributed by atoms with Crippen LogP contribution in [0.4, 0.5) is 4.79 Å². The fourth-order valence-electron chi connectivity index (χ4n) is 3.39. The van der Waals surface area contributed by atoms with E-state index in [1.54, 1.807) is 11.1 Å². The van der Waals surface area contributed by atoms with Crippen LogP contribution in [0.15, 0.2) is 24.4 Å². The lowest BCUT2D eigenvalue weighted by atomic mass is 9.88. The lowest BCUT2D eigenvalue weighted by Gasteiger charge is -2.33. The summed E-state index contributed by atoms with van der Waals surface area (Å²) in [6.45, 7) is 6.98. The lowest BCUT2D eigenvalue weighted by molar-refractivity contribution is 0.0204. The number of amides is 1. The third-order valence-electron chi connectivity index (χ3n) is 4.73. The van der Waals surface area contributed by atoms with Crippen LogP contribution >= 0.6 is 0 Å². The molecule has 6 nitrogen and oxygen atoms in total. The Morgan fingerprint density at radius 2 is 1.88 bits per heavy atom. The first kappa shape index (κ1) is 18.3. The van der Waals surface area contributed by atoms with E-state index in [4.69, 9.17) is 9.47 Å². The summed E-state index contributed by atoms with van der Waals surface area (Å²) >= 11 is 0. The Labute approximate surface area is 153 Å². The molecule has 26 heavy (non-hydrogen) atoms. The zero-order chi connectivity index (χ0) is 18.9. The van der Waals surface area contributed by atoms with Gasteiger partial charge in [-0.15, -0.1) is 0 Å². The number of hydrogen-bond acceptors (Lipinski definition) is 4. The Kier molecular flexibility index (Phi) is 4.94. The molecule has 1 aliphatic rings. The first-order valence-electron chi connectivity index (χ1n) is 8.96. The van der Waals surface area contributed by atoms with E-state index in [1.807, 2.05) is 26.8 Å². The standard InChI is InChI=1S/C20H26N2O4/c1-20(2,3)26-19(24)22-9-7-13(8-10-22)14-5-6-17-15(11-14)16(12-21-17)18(23)25-4/h5-6,11-13,21H,7-10H2,1-4H3. The number of fused-ring (bicyclic) bond motifs is 1. The summed E-state index contributed by atoms with van der Waals surface area (Å²) in [6.07, 6.45) is 3.20. The first-order valence-corrected chi connectivity index (χ1v) is 8.96. The number of carbonyl (C=O) groups excluding carboxylic acids is 2. The number of piperidine rings is 1. The van der Waals surface area contributed by atoms with E-state index in [-0.39, 0.29) is 12.1 Å². The van der Waals surface area contributed by atoms with Crippen LogP contribution in [0.5, 0.6) is 0 Å². The van der Waals surface area contributed by atoms with Gasteiger partial charge in [0.05, 0.1) is 12.7 Å². The van der Waals surface area contributed by atoms with Crippen LogP contribution in [0.2, 0.25) is 0 Å². The van der Waals surface area contributed by atoms with E-state index in [9.17, 15) is 9.59 Å². The van der Waals surface area contributed by atoms with Crippen molar-refractivity contribution in [2.75, 3.05) is 20.2 Å². The van der Waals surface area contributed by atoms with Crippen molar-refractivity contribution in [2.24, 2.45) is 0 Å². The van der Waals surface area contributed by atoms with Crippen molar-refractivity contribution in [1.29, 1.82) is 0 Å². The second-order valence-corrected chi connectivity index (χ2v) is 7.74. The molecule has 2 aromatic rings. The van der Waals surface area contributed by atoms with Crippen molar-refractivity contribution in [3.8, 4) is 0 Å². The SMILES string of the molecule is COC(=O)c1c[nH]c2ccc(C3CCN(C(=O)OC(C)(C)C)CC3)cc12. The molecule has 0 bridgehead atoms. The average Bonchev–Trinajstić information content (AvgIpc) is 3.03. The maximum absolute atomic E-state index is 12.2. The quantitative estimate of drug-likeness (QED) is 0.822. The number of aromatic nitrogens is 1. The number of nitrogens with one attached hydrogen (secondary N) is 1. The molecule has 1 fully saturated rings. The predicted octanol–water partition coefficient (Wildman–Crippen LogP) is 4.07. The van der Waals surface area contributed by atoms with Crippen LogP contribution in [0.1, 0.15) is 55.5 Å². The highest BCUT2D eigenvalue weighted by Gasteiger charge is 2.27. The van der Waals surface area contributed by atoms with Gasteiger partial charge in [0.1, 0.15) is 5.60 Å². The molecular formula is C20H26N2O4. The molecule has 6 heteroatoms. The Morgan fingerprint density at radius 3 is 2.50 bits per heavy atom. The summed E-state index contributed by atoms with van der Waals surface area (Å²) < 4.78 is 10.3. The van der Waals surface area contributed by atoms with E-state index in [0.29, 0.717) is 24.6 Å². The van der Waals surface area contributed by atoms with Gasteiger partial charge in [-0.05, 0) is 57.2 Å². The Bertz CT molecular complexity index is 811. The lowest BCUT2D eigenvalue weighted by Crippen LogP contribution is -2.41. The third-order valence-corrected chi connectivity index (χ3v) is 4.73. The summed E-state index contributed by atoms with van der Waals surface area (Å²) in [4.78, 5) is 29.0. The molecular weight excluding hydrogens is 332 g/mol. The summed E-state index contributed by atoms with van der Waals surface area (Å²) in [6, 6.07) is 6.15. The van der Waals surface area contributed by atoms with Gasteiger partial charge in [-0.1, -0.05) is 6.07 Å². The van der Waals surface area contributed by atoms with Crippen molar-refractivity contribution in [2.45, 2.75) is 45.1 Å². The summed E-state index contributed by atoms with van der Waals surface area (Å²) in [5, 5.41) is 0.879. The number of benzene rings is 1. The van der Waals surface area contributed by atoms with Crippen LogP contribution in [0.25, 0.3) is 10.9 Å². The van der Waals surface area contributed by atoms with Crippen molar-refractivity contribution in [3.05, 3.63) is 35.5 Å². The van der Waals surface area contributed by atoms with Gasteiger partial charge in [0.15, 0.2) is 0 Å². The maximum atomic E-state index is 12.2. The van der Waals surface area contributed by atoms with E-state index < -0.39 is 5.60 Å². The van der Waals surface area contributed by atoms with Crippen molar-refractivity contribution in [1.82, 2.24) is 9.88 Å². The fraction of sp³-hybridized carbons (Fsp3) is 0.500. The number of aromatic amines is 1. The van der Waals surface area contributed by atoms with E-state index in [1.165, 1.54) is 12.7 Å². The molecule has 0 spiro atoms. The number of ether oxygens (including phenoxy) is 2. The number of esters is 1. The molecule has 3 rings (SSSR count). The Hall–Kier alpha value is -2.50. The summed E-state index contributed by atoms with van der Waals surface area (Å²) in [5.74, 6) is 0.0200. The minimum atomic E-state index is -0.475. The molecule has 1 aliphatic heterocycles. The molecule has 140 valence electrons. The minimum Gasteiger partial charge on any atom is -0.465 e. The molecule has 0 radical (unpaired) electrons. The van der Waals surface area contributed by atoms with Gasteiger partial charge in [0.25, 0.3) is 0 Å². The maximum Gasteiger partial charge on any atom is 0.410 e. The van der Waals surface area contributed by atoms with Crippen molar-refractivity contribution < 1.29 is 19.1 Å². The van der Waals surface area contributed by atoms with Gasteiger partial charge >= 0.3 is 12.1 Å². The predicted molar refractivity (Wildman–Crippen MR) is 99.4 cm³/mol.